The molecule has 0 unspecified atom stereocenters. The van der Waals surface area contributed by atoms with E-state index in [-0.39, 0.29) is 10.8 Å². The van der Waals surface area contributed by atoms with Gasteiger partial charge in [0, 0.05) is 6.07 Å². The highest BCUT2D eigenvalue weighted by Crippen LogP contribution is 2.18. The van der Waals surface area contributed by atoms with Crippen LogP contribution in [-0.2, 0) is 0 Å². The van der Waals surface area contributed by atoms with Crippen molar-refractivity contribution in [3.8, 4) is 5.75 Å². The number of hydrogen-bond acceptors (Lipinski definition) is 1. The molecule has 0 amide bonds. The van der Waals surface area contributed by atoms with Crippen LogP contribution in [0.5, 0.6) is 5.75 Å². The Hall–Kier alpha value is -0.830. The fourth-order valence-corrected chi connectivity index (χ4v) is 0.765. The molecule has 1 rings (SSSR count). The minimum Gasteiger partial charge on any atom is -0.435 e. The van der Waals surface area contributed by atoms with Crippen LogP contribution in [0.3, 0.4) is 0 Å². The summed E-state index contributed by atoms with van der Waals surface area (Å²) in [4.78, 5) is 0. The molecule has 4 heteroatoms. The van der Waals surface area contributed by atoms with Crippen molar-refractivity contribution >= 4 is 11.6 Å². The number of hydrogen-bond donors (Lipinski definition) is 0. The van der Waals surface area contributed by atoms with Crippen LogP contribution in [0.4, 0.5) is 8.78 Å². The van der Waals surface area contributed by atoms with E-state index in [0.717, 1.165) is 0 Å². The summed E-state index contributed by atoms with van der Waals surface area (Å²) in [5.74, 6) is 0.0451. The molecule has 0 heterocycles. The Morgan fingerprint density at radius 1 is 1.55 bits per heavy atom. The predicted molar refractivity (Wildman–Crippen MR) is 36.9 cm³/mol. The van der Waals surface area contributed by atoms with Gasteiger partial charge in [0.25, 0.3) is 0 Å². The van der Waals surface area contributed by atoms with Crippen molar-refractivity contribution in [2.45, 2.75) is 6.61 Å². The standard InChI is InChI=1S/C7H4ClF2O/c8-5-2-1-3-6(4-5)11-7(9)10/h1,3-4,7H. The maximum atomic E-state index is 11.6. The lowest BCUT2D eigenvalue weighted by atomic mass is 10.3. The Kier molecular flexibility index (Phi) is 2.65. The first-order valence-corrected chi connectivity index (χ1v) is 3.18. The maximum absolute atomic E-state index is 11.6. The molecule has 0 aromatic heterocycles. The number of rotatable bonds is 2. The fourth-order valence-electron chi connectivity index (χ4n) is 0.594. The van der Waals surface area contributed by atoms with Gasteiger partial charge in [0.05, 0.1) is 5.02 Å². The summed E-state index contributed by atoms with van der Waals surface area (Å²) >= 11 is 5.45. The minimum atomic E-state index is -2.81. The zero-order valence-electron chi connectivity index (χ0n) is 5.35. The molecule has 0 aliphatic rings. The van der Waals surface area contributed by atoms with E-state index in [1.807, 2.05) is 0 Å². The highest BCUT2D eigenvalue weighted by molar-refractivity contribution is 6.30. The molecule has 1 aromatic carbocycles. The van der Waals surface area contributed by atoms with Gasteiger partial charge in [-0.3, -0.25) is 0 Å². The minimum absolute atomic E-state index is 0.0451. The normalized spacial score (nSPS) is 10.2. The van der Waals surface area contributed by atoms with Gasteiger partial charge in [0.2, 0.25) is 0 Å². The van der Waals surface area contributed by atoms with Gasteiger partial charge in [-0.25, -0.2) is 0 Å². The van der Waals surface area contributed by atoms with Gasteiger partial charge in [0.1, 0.15) is 5.75 Å². The van der Waals surface area contributed by atoms with E-state index >= 15 is 0 Å². The molecule has 1 aromatic rings. The first-order chi connectivity index (χ1) is 5.18. The fraction of sp³-hybridized carbons (Fsp3) is 0.143. The molecular weight excluding hydrogens is 174 g/mol. The quantitative estimate of drug-likeness (QED) is 0.675. The maximum Gasteiger partial charge on any atom is 0.387 e. The van der Waals surface area contributed by atoms with Gasteiger partial charge in [0.15, 0.2) is 0 Å². The topological polar surface area (TPSA) is 9.23 Å². The average Bonchev–Trinajstić information content (AvgIpc) is 1.85. The highest BCUT2D eigenvalue weighted by atomic mass is 35.5. The number of ether oxygens (including phenoxy) is 1. The van der Waals surface area contributed by atoms with E-state index in [1.165, 1.54) is 18.2 Å². The molecule has 0 aliphatic carbocycles. The predicted octanol–water partition coefficient (Wildman–Crippen LogP) is 2.74. The molecule has 1 nitrogen and oxygen atoms in total. The van der Waals surface area contributed by atoms with Crippen LogP contribution in [0, 0.1) is 6.07 Å². The van der Waals surface area contributed by atoms with Crippen LogP contribution in [0.2, 0.25) is 5.02 Å². The zero-order chi connectivity index (χ0) is 8.27. The molecular formula is C7H4ClF2O. The number of alkyl halides is 2. The summed E-state index contributed by atoms with van der Waals surface area (Å²) in [7, 11) is 0. The van der Waals surface area contributed by atoms with Crippen LogP contribution < -0.4 is 4.74 Å². The van der Waals surface area contributed by atoms with Crippen molar-refractivity contribution < 1.29 is 13.5 Å². The molecule has 0 aliphatic heterocycles. The Bertz CT molecular complexity index is 240. The first kappa shape index (κ1) is 8.27. The van der Waals surface area contributed by atoms with E-state index in [1.54, 1.807) is 0 Å². The van der Waals surface area contributed by atoms with E-state index in [2.05, 4.69) is 10.8 Å². The Labute approximate surface area is 67.5 Å². The lowest BCUT2D eigenvalue weighted by Crippen LogP contribution is -2.01. The Morgan fingerprint density at radius 3 is 2.82 bits per heavy atom. The van der Waals surface area contributed by atoms with Gasteiger partial charge in [-0.15, -0.1) is 0 Å². The molecule has 0 saturated carbocycles. The van der Waals surface area contributed by atoms with Crippen LogP contribution in [0.25, 0.3) is 0 Å². The van der Waals surface area contributed by atoms with Crippen molar-refractivity contribution in [1.82, 2.24) is 0 Å². The third-order valence-corrected chi connectivity index (χ3v) is 1.18. The summed E-state index contributed by atoms with van der Waals surface area (Å²) in [6.07, 6.45) is 0. The monoisotopic (exact) mass is 177 g/mol. The molecule has 1 radical (unpaired) electrons. The summed E-state index contributed by atoms with van der Waals surface area (Å²) in [5, 5.41) is 0.253. The van der Waals surface area contributed by atoms with E-state index < -0.39 is 6.61 Å². The molecule has 0 N–H and O–H groups in total. The third kappa shape index (κ3) is 2.72. The van der Waals surface area contributed by atoms with Gasteiger partial charge < -0.3 is 4.74 Å². The lowest BCUT2D eigenvalue weighted by molar-refractivity contribution is -0.0498. The molecule has 59 valence electrons. The first-order valence-electron chi connectivity index (χ1n) is 2.80. The Morgan fingerprint density at radius 2 is 2.27 bits per heavy atom. The SMILES string of the molecule is FC(F)Oc1cc[c]c(Cl)c1. The van der Waals surface area contributed by atoms with Gasteiger partial charge in [-0.2, -0.15) is 8.78 Å². The van der Waals surface area contributed by atoms with Crippen molar-refractivity contribution in [2.24, 2.45) is 0 Å². The van der Waals surface area contributed by atoms with Crippen molar-refractivity contribution in [1.29, 1.82) is 0 Å². The lowest BCUT2D eigenvalue weighted by Gasteiger charge is -2.02. The van der Waals surface area contributed by atoms with Gasteiger partial charge in [-0.1, -0.05) is 11.6 Å². The largest absolute Gasteiger partial charge is 0.435 e. The second-order valence-electron chi connectivity index (χ2n) is 1.75. The van der Waals surface area contributed by atoms with E-state index in [9.17, 15) is 8.78 Å². The molecule has 0 atom stereocenters. The highest BCUT2D eigenvalue weighted by Gasteiger charge is 2.03. The number of halogens is 3. The second-order valence-corrected chi connectivity index (χ2v) is 2.16. The second kappa shape index (κ2) is 3.53. The van der Waals surface area contributed by atoms with Crippen molar-refractivity contribution in [3.05, 3.63) is 29.3 Å². The van der Waals surface area contributed by atoms with E-state index in [0.29, 0.717) is 0 Å². The summed E-state index contributed by atoms with van der Waals surface area (Å²) in [5.41, 5.74) is 0. The van der Waals surface area contributed by atoms with Crippen LogP contribution in [0.1, 0.15) is 0 Å². The van der Waals surface area contributed by atoms with E-state index in [4.69, 9.17) is 11.6 Å². The van der Waals surface area contributed by atoms with Crippen LogP contribution in [-0.4, -0.2) is 6.61 Å². The van der Waals surface area contributed by atoms with Crippen molar-refractivity contribution in [3.63, 3.8) is 0 Å². The average molecular weight is 178 g/mol. The zero-order valence-corrected chi connectivity index (χ0v) is 6.11. The number of benzene rings is 1. The van der Waals surface area contributed by atoms with Crippen LogP contribution >= 0.6 is 11.6 Å². The molecule has 0 bridgehead atoms. The molecule has 11 heavy (non-hydrogen) atoms. The third-order valence-electron chi connectivity index (χ3n) is 0.963. The summed E-state index contributed by atoms with van der Waals surface area (Å²) < 4.78 is 27.2. The smallest absolute Gasteiger partial charge is 0.387 e. The summed E-state index contributed by atoms with van der Waals surface area (Å²) in [6.45, 7) is -2.81. The van der Waals surface area contributed by atoms with Crippen molar-refractivity contribution in [2.75, 3.05) is 0 Å². The van der Waals surface area contributed by atoms with Gasteiger partial charge >= 0.3 is 6.61 Å². The molecule has 0 spiro atoms. The van der Waals surface area contributed by atoms with Crippen LogP contribution in [0.15, 0.2) is 18.2 Å². The van der Waals surface area contributed by atoms with Gasteiger partial charge in [-0.05, 0) is 18.2 Å². The Balaban J connectivity index is 2.71. The summed E-state index contributed by atoms with van der Waals surface area (Å²) in [6, 6.07) is 6.63. The molecule has 0 fully saturated rings. The molecule has 0 saturated heterocycles.